The summed E-state index contributed by atoms with van der Waals surface area (Å²) in [5.74, 6) is -0.746. The van der Waals surface area contributed by atoms with Crippen molar-refractivity contribution < 1.29 is 19.1 Å². The molecule has 0 radical (unpaired) electrons. The van der Waals surface area contributed by atoms with Gasteiger partial charge in [-0.05, 0) is 44.0 Å². The number of carbonyl (C=O) groups is 3. The Kier molecular flexibility index (Phi) is 7.15. The van der Waals surface area contributed by atoms with E-state index in [0.29, 0.717) is 49.3 Å². The molecule has 0 bridgehead atoms. The van der Waals surface area contributed by atoms with E-state index < -0.39 is 0 Å². The van der Waals surface area contributed by atoms with E-state index >= 15 is 0 Å². The van der Waals surface area contributed by atoms with Crippen LogP contribution >= 0.6 is 0 Å². The Hall–Kier alpha value is -3.81. The third-order valence-corrected chi connectivity index (χ3v) is 6.11. The molecule has 1 aromatic carbocycles. The molecule has 4 rings (SSSR count). The fourth-order valence-corrected chi connectivity index (χ4v) is 4.23. The first kappa shape index (κ1) is 23.4. The number of piperidine rings is 1. The summed E-state index contributed by atoms with van der Waals surface area (Å²) in [6.45, 7) is 3.07. The van der Waals surface area contributed by atoms with Gasteiger partial charge in [0, 0.05) is 43.5 Å². The molecule has 3 heterocycles. The minimum absolute atomic E-state index is 0.0376. The van der Waals surface area contributed by atoms with Crippen LogP contribution in [0.15, 0.2) is 54.9 Å². The number of amides is 2. The van der Waals surface area contributed by atoms with Gasteiger partial charge >= 0.3 is 5.97 Å². The first-order valence-electron chi connectivity index (χ1n) is 11.5. The lowest BCUT2D eigenvalue weighted by Crippen LogP contribution is -2.45. The van der Waals surface area contributed by atoms with Gasteiger partial charge in [-0.3, -0.25) is 19.4 Å². The molecular weight excluding hydrogens is 432 g/mol. The van der Waals surface area contributed by atoms with Crippen molar-refractivity contribution in [1.82, 2.24) is 19.8 Å². The molecule has 0 aliphatic carbocycles. The Morgan fingerprint density at radius 3 is 2.50 bits per heavy atom. The fraction of sp³-hybridized carbons (Fsp3) is 0.346. The van der Waals surface area contributed by atoms with Crippen LogP contribution in [0.2, 0.25) is 0 Å². The highest BCUT2D eigenvalue weighted by Crippen LogP contribution is 2.25. The number of rotatable bonds is 6. The number of ether oxygens (including phenoxy) is 1. The number of aromatic nitrogens is 2. The highest BCUT2D eigenvalue weighted by molar-refractivity contribution is 6.07. The molecule has 1 aliphatic heterocycles. The zero-order valence-corrected chi connectivity index (χ0v) is 19.4. The molecule has 2 aromatic heterocycles. The van der Waals surface area contributed by atoms with Crippen molar-refractivity contribution in [1.29, 1.82) is 0 Å². The molecule has 0 saturated carbocycles. The minimum Gasteiger partial charge on any atom is -0.466 e. The van der Waals surface area contributed by atoms with Crippen LogP contribution in [0.5, 0.6) is 0 Å². The number of hydrogen-bond donors (Lipinski definition) is 0. The van der Waals surface area contributed by atoms with E-state index in [0.717, 1.165) is 10.9 Å². The fourth-order valence-electron chi connectivity index (χ4n) is 4.23. The van der Waals surface area contributed by atoms with Gasteiger partial charge in [0.15, 0.2) is 0 Å². The largest absolute Gasteiger partial charge is 0.466 e. The topological polar surface area (TPSA) is 92.7 Å². The quantitative estimate of drug-likeness (QED) is 0.525. The van der Waals surface area contributed by atoms with Crippen LogP contribution in [0.1, 0.15) is 30.1 Å². The number of nitrogens with zero attached hydrogens (tertiary/aromatic N) is 4. The Morgan fingerprint density at radius 1 is 1.09 bits per heavy atom. The summed E-state index contributed by atoms with van der Waals surface area (Å²) in [6.07, 6.45) is 4.52. The molecule has 0 atom stereocenters. The van der Waals surface area contributed by atoms with E-state index in [2.05, 4.69) is 4.98 Å². The van der Waals surface area contributed by atoms with E-state index in [1.807, 2.05) is 36.4 Å². The number of esters is 1. The Labute approximate surface area is 198 Å². The van der Waals surface area contributed by atoms with Gasteiger partial charge < -0.3 is 14.5 Å². The van der Waals surface area contributed by atoms with Crippen molar-refractivity contribution >= 4 is 28.7 Å². The van der Waals surface area contributed by atoms with Crippen molar-refractivity contribution in [3.63, 3.8) is 0 Å². The van der Waals surface area contributed by atoms with Crippen LogP contribution in [0.25, 0.3) is 22.2 Å². The van der Waals surface area contributed by atoms with Crippen LogP contribution in [0.4, 0.5) is 0 Å². The van der Waals surface area contributed by atoms with Crippen LogP contribution in [0.3, 0.4) is 0 Å². The maximum atomic E-state index is 13.4. The van der Waals surface area contributed by atoms with Crippen LogP contribution in [-0.4, -0.2) is 70.8 Å². The number of fused-ring (bicyclic) bond motifs is 1. The second-order valence-corrected chi connectivity index (χ2v) is 8.38. The predicted octanol–water partition coefficient (Wildman–Crippen LogP) is 3.17. The van der Waals surface area contributed by atoms with Crippen molar-refractivity contribution in [3.8, 4) is 11.3 Å². The van der Waals surface area contributed by atoms with Gasteiger partial charge in [-0.2, -0.15) is 0 Å². The smallest absolute Gasteiger partial charge is 0.309 e. The lowest BCUT2D eigenvalue weighted by Gasteiger charge is -2.32. The summed E-state index contributed by atoms with van der Waals surface area (Å²) < 4.78 is 5.09. The summed E-state index contributed by atoms with van der Waals surface area (Å²) in [6, 6.07) is 12.9. The molecule has 2 amide bonds. The molecule has 1 fully saturated rings. The number of pyridine rings is 2. The van der Waals surface area contributed by atoms with E-state index in [-0.39, 0.29) is 30.2 Å². The van der Waals surface area contributed by atoms with Gasteiger partial charge in [0.05, 0.1) is 35.8 Å². The average molecular weight is 461 g/mol. The van der Waals surface area contributed by atoms with E-state index in [9.17, 15) is 14.4 Å². The molecule has 1 aliphatic rings. The normalized spacial score (nSPS) is 14.1. The molecule has 1 saturated heterocycles. The molecule has 8 nitrogen and oxygen atoms in total. The zero-order valence-electron chi connectivity index (χ0n) is 19.4. The third kappa shape index (κ3) is 5.06. The second kappa shape index (κ2) is 10.4. The number of para-hydroxylation sites is 1. The Bertz CT molecular complexity index is 1190. The van der Waals surface area contributed by atoms with Gasteiger partial charge in [-0.1, -0.05) is 18.2 Å². The van der Waals surface area contributed by atoms with Gasteiger partial charge in [-0.15, -0.1) is 0 Å². The highest BCUT2D eigenvalue weighted by Gasteiger charge is 2.29. The van der Waals surface area contributed by atoms with Gasteiger partial charge in [0.2, 0.25) is 5.91 Å². The molecule has 34 heavy (non-hydrogen) atoms. The molecule has 0 unspecified atom stereocenters. The molecule has 176 valence electrons. The van der Waals surface area contributed by atoms with Crippen molar-refractivity contribution in [2.24, 2.45) is 5.92 Å². The second-order valence-electron chi connectivity index (χ2n) is 8.38. The highest BCUT2D eigenvalue weighted by atomic mass is 16.5. The van der Waals surface area contributed by atoms with Gasteiger partial charge in [-0.25, -0.2) is 4.98 Å². The number of carbonyl (C=O) groups excluding carboxylic acids is 3. The van der Waals surface area contributed by atoms with Crippen molar-refractivity contribution in [2.45, 2.75) is 19.8 Å². The maximum Gasteiger partial charge on any atom is 0.309 e. The number of likely N-dealkylation sites (N-methyl/N-ethyl adjacent to an activating group) is 1. The number of likely N-dealkylation sites (tertiary alicyclic amines) is 1. The van der Waals surface area contributed by atoms with Gasteiger partial charge in [0.25, 0.3) is 5.91 Å². The lowest BCUT2D eigenvalue weighted by atomic mass is 9.97. The van der Waals surface area contributed by atoms with Crippen molar-refractivity contribution in [3.05, 3.63) is 60.4 Å². The van der Waals surface area contributed by atoms with Crippen LogP contribution in [0, 0.1) is 5.92 Å². The minimum atomic E-state index is -0.247. The standard InChI is InChI=1S/C26H28N4O4/c1-3-34-26(33)19-10-14-30(15-11-19)24(31)17-29(2)25(32)21-16-23(18-8-12-27-13-9-18)28-22-7-5-4-6-20(21)22/h4-9,12-13,16,19H,3,10-11,14-15,17H2,1-2H3. The number of benzene rings is 1. The van der Waals surface area contributed by atoms with Crippen molar-refractivity contribution in [2.75, 3.05) is 33.3 Å². The first-order chi connectivity index (χ1) is 16.5. The first-order valence-corrected chi connectivity index (χ1v) is 11.5. The third-order valence-electron chi connectivity index (χ3n) is 6.11. The molecule has 3 aromatic rings. The van der Waals surface area contributed by atoms with E-state index in [1.165, 1.54) is 4.90 Å². The van der Waals surface area contributed by atoms with Crippen LogP contribution < -0.4 is 0 Å². The lowest BCUT2D eigenvalue weighted by molar-refractivity contribution is -0.151. The summed E-state index contributed by atoms with van der Waals surface area (Å²) in [4.78, 5) is 50.2. The monoisotopic (exact) mass is 460 g/mol. The van der Waals surface area contributed by atoms with Gasteiger partial charge in [0.1, 0.15) is 0 Å². The summed E-state index contributed by atoms with van der Waals surface area (Å²) in [5.41, 5.74) is 2.73. The molecule has 8 heteroatoms. The Morgan fingerprint density at radius 2 is 1.79 bits per heavy atom. The average Bonchev–Trinajstić information content (AvgIpc) is 2.88. The Balaban J connectivity index is 1.49. The summed E-state index contributed by atoms with van der Waals surface area (Å²) in [5, 5.41) is 0.736. The molecule has 0 N–H and O–H groups in total. The summed E-state index contributed by atoms with van der Waals surface area (Å²) in [7, 11) is 1.63. The summed E-state index contributed by atoms with van der Waals surface area (Å²) >= 11 is 0. The maximum absolute atomic E-state index is 13.4. The predicted molar refractivity (Wildman–Crippen MR) is 128 cm³/mol. The zero-order chi connectivity index (χ0) is 24.1. The molecular formula is C26H28N4O4. The number of hydrogen-bond acceptors (Lipinski definition) is 6. The SMILES string of the molecule is CCOC(=O)C1CCN(C(=O)CN(C)C(=O)c2cc(-c3ccncc3)nc3ccccc23)CC1. The molecule has 0 spiro atoms. The van der Waals surface area contributed by atoms with E-state index in [4.69, 9.17) is 9.72 Å². The van der Waals surface area contributed by atoms with Crippen LogP contribution in [-0.2, 0) is 14.3 Å². The van der Waals surface area contributed by atoms with E-state index in [1.54, 1.807) is 37.3 Å².